The Labute approximate surface area is 130 Å². The number of carbonyl (C=O) groups is 2. The average molecular weight is 302 g/mol. The Kier molecular flexibility index (Phi) is 4.55. The van der Waals surface area contributed by atoms with Crippen molar-refractivity contribution < 1.29 is 14.7 Å². The first-order valence-electron chi connectivity index (χ1n) is 8.02. The Balaban J connectivity index is 1.47. The standard InChI is InChI=1S/C17H22N2O3/c20-13-6-5-10-18(12-13)9-3-4-11-19-16(21)14-7-1-2-8-15(14)17(19)22/h1-2,7-8,13,20H,3-6,9-12H2. The Morgan fingerprint density at radius 2 is 1.68 bits per heavy atom. The van der Waals surface area contributed by atoms with E-state index >= 15 is 0 Å². The number of nitrogens with zero attached hydrogens (tertiary/aromatic N) is 2. The van der Waals surface area contributed by atoms with E-state index < -0.39 is 0 Å². The zero-order chi connectivity index (χ0) is 15.5. The zero-order valence-corrected chi connectivity index (χ0v) is 12.7. The highest BCUT2D eigenvalue weighted by Gasteiger charge is 2.34. The van der Waals surface area contributed by atoms with Crippen LogP contribution in [0, 0.1) is 0 Å². The van der Waals surface area contributed by atoms with Crippen molar-refractivity contribution in [1.82, 2.24) is 9.80 Å². The number of aliphatic hydroxyl groups is 1. The quantitative estimate of drug-likeness (QED) is 0.662. The number of aliphatic hydroxyl groups excluding tert-OH is 1. The van der Waals surface area contributed by atoms with Crippen molar-refractivity contribution in [1.29, 1.82) is 0 Å². The van der Waals surface area contributed by atoms with E-state index in [4.69, 9.17) is 0 Å². The lowest BCUT2D eigenvalue weighted by Gasteiger charge is -2.30. The van der Waals surface area contributed by atoms with Crippen LogP contribution in [-0.2, 0) is 0 Å². The number of benzene rings is 1. The van der Waals surface area contributed by atoms with Crippen LogP contribution in [0.25, 0.3) is 0 Å². The van der Waals surface area contributed by atoms with Gasteiger partial charge in [0.25, 0.3) is 11.8 Å². The largest absolute Gasteiger partial charge is 0.392 e. The molecule has 2 heterocycles. The van der Waals surface area contributed by atoms with Gasteiger partial charge in [0.05, 0.1) is 17.2 Å². The van der Waals surface area contributed by atoms with Crippen LogP contribution < -0.4 is 0 Å². The van der Waals surface area contributed by atoms with E-state index in [1.54, 1.807) is 24.3 Å². The number of imide groups is 1. The molecule has 1 fully saturated rings. The topological polar surface area (TPSA) is 60.9 Å². The predicted octanol–water partition coefficient (Wildman–Crippen LogP) is 1.52. The molecule has 0 saturated carbocycles. The minimum atomic E-state index is -0.204. The first-order valence-corrected chi connectivity index (χ1v) is 8.02. The lowest BCUT2D eigenvalue weighted by molar-refractivity contribution is 0.0634. The summed E-state index contributed by atoms with van der Waals surface area (Å²) < 4.78 is 0. The zero-order valence-electron chi connectivity index (χ0n) is 12.7. The molecule has 2 amide bonds. The van der Waals surface area contributed by atoms with Gasteiger partial charge in [0.2, 0.25) is 0 Å². The minimum absolute atomic E-state index is 0.172. The maximum atomic E-state index is 12.2. The SMILES string of the molecule is O=C1c2ccccc2C(=O)N1CCCCN1CCCC(O)C1. The number of unbranched alkanes of at least 4 members (excludes halogenated alkanes) is 1. The number of piperidine rings is 1. The fourth-order valence-corrected chi connectivity index (χ4v) is 3.28. The average Bonchev–Trinajstić information content (AvgIpc) is 2.77. The number of hydrogen-bond donors (Lipinski definition) is 1. The minimum Gasteiger partial charge on any atom is -0.392 e. The van der Waals surface area contributed by atoms with Crippen LogP contribution in [0.5, 0.6) is 0 Å². The third-order valence-corrected chi connectivity index (χ3v) is 4.46. The maximum Gasteiger partial charge on any atom is 0.261 e. The second kappa shape index (κ2) is 6.58. The first kappa shape index (κ1) is 15.2. The van der Waals surface area contributed by atoms with E-state index in [9.17, 15) is 14.7 Å². The van der Waals surface area contributed by atoms with Gasteiger partial charge in [0.15, 0.2) is 0 Å². The van der Waals surface area contributed by atoms with Crippen LogP contribution in [0.4, 0.5) is 0 Å². The van der Waals surface area contributed by atoms with Gasteiger partial charge in [0.1, 0.15) is 0 Å². The molecule has 5 nitrogen and oxygen atoms in total. The van der Waals surface area contributed by atoms with Gasteiger partial charge in [0, 0.05) is 13.1 Å². The van der Waals surface area contributed by atoms with Gasteiger partial charge < -0.3 is 10.0 Å². The summed E-state index contributed by atoms with van der Waals surface area (Å²) in [6, 6.07) is 7.00. The molecule has 5 heteroatoms. The van der Waals surface area contributed by atoms with E-state index in [0.717, 1.165) is 45.3 Å². The summed E-state index contributed by atoms with van der Waals surface area (Å²) in [4.78, 5) is 28.0. The molecule has 22 heavy (non-hydrogen) atoms. The Morgan fingerprint density at radius 3 is 2.32 bits per heavy atom. The number of rotatable bonds is 5. The van der Waals surface area contributed by atoms with Crippen LogP contribution in [0.3, 0.4) is 0 Å². The van der Waals surface area contributed by atoms with Gasteiger partial charge in [-0.1, -0.05) is 12.1 Å². The van der Waals surface area contributed by atoms with Crippen molar-refractivity contribution >= 4 is 11.8 Å². The van der Waals surface area contributed by atoms with Crippen LogP contribution in [0.2, 0.25) is 0 Å². The maximum absolute atomic E-state index is 12.2. The highest BCUT2D eigenvalue weighted by Crippen LogP contribution is 2.22. The Morgan fingerprint density at radius 1 is 1.05 bits per heavy atom. The summed E-state index contributed by atoms with van der Waals surface area (Å²) in [5.74, 6) is -0.344. The lowest BCUT2D eigenvalue weighted by Crippen LogP contribution is -2.39. The molecule has 1 atom stereocenters. The second-order valence-corrected chi connectivity index (χ2v) is 6.11. The molecule has 0 spiro atoms. The first-order chi connectivity index (χ1) is 10.7. The number of β-amino-alcohol motifs (C(OH)–C–C–N with tert-alkyl or cyclic N) is 1. The molecule has 0 radical (unpaired) electrons. The number of amides is 2. The van der Waals surface area contributed by atoms with E-state index in [-0.39, 0.29) is 17.9 Å². The molecule has 3 rings (SSSR count). The van der Waals surface area contributed by atoms with Gasteiger partial charge in [-0.15, -0.1) is 0 Å². The fourth-order valence-electron chi connectivity index (χ4n) is 3.28. The number of carbonyl (C=O) groups excluding carboxylic acids is 2. The molecule has 0 aliphatic carbocycles. The van der Waals surface area contributed by atoms with E-state index in [1.165, 1.54) is 4.90 Å². The monoisotopic (exact) mass is 302 g/mol. The molecule has 2 aliphatic rings. The molecule has 0 aromatic heterocycles. The summed E-state index contributed by atoms with van der Waals surface area (Å²) >= 11 is 0. The summed E-state index contributed by atoms with van der Waals surface area (Å²) in [5, 5.41) is 9.64. The Bertz CT molecular complexity index is 538. The molecule has 0 bridgehead atoms. The fraction of sp³-hybridized carbons (Fsp3) is 0.529. The van der Waals surface area contributed by atoms with Crippen molar-refractivity contribution in [3.8, 4) is 0 Å². The summed E-state index contributed by atoms with van der Waals surface area (Å²) in [6.45, 7) is 3.17. The molecular weight excluding hydrogens is 280 g/mol. The summed E-state index contributed by atoms with van der Waals surface area (Å²) in [5.41, 5.74) is 1.04. The molecular formula is C17H22N2O3. The van der Waals surface area contributed by atoms with E-state index in [0.29, 0.717) is 17.7 Å². The third kappa shape index (κ3) is 3.05. The molecule has 2 aliphatic heterocycles. The second-order valence-electron chi connectivity index (χ2n) is 6.11. The lowest BCUT2D eigenvalue weighted by atomic mass is 10.1. The van der Waals surface area contributed by atoms with E-state index in [1.807, 2.05) is 0 Å². The molecule has 1 N–H and O–H groups in total. The number of fused-ring (bicyclic) bond motifs is 1. The van der Waals surface area contributed by atoms with Crippen molar-refractivity contribution in [2.45, 2.75) is 31.8 Å². The van der Waals surface area contributed by atoms with Gasteiger partial charge in [-0.2, -0.15) is 0 Å². The van der Waals surface area contributed by atoms with Crippen LogP contribution in [0.15, 0.2) is 24.3 Å². The molecule has 1 saturated heterocycles. The van der Waals surface area contributed by atoms with Crippen molar-refractivity contribution in [3.05, 3.63) is 35.4 Å². The van der Waals surface area contributed by atoms with Gasteiger partial charge in [-0.25, -0.2) is 0 Å². The number of likely N-dealkylation sites (tertiary alicyclic amines) is 1. The van der Waals surface area contributed by atoms with Crippen LogP contribution in [0.1, 0.15) is 46.4 Å². The van der Waals surface area contributed by atoms with Crippen LogP contribution in [-0.4, -0.2) is 59.0 Å². The third-order valence-electron chi connectivity index (χ3n) is 4.46. The summed E-state index contributed by atoms with van der Waals surface area (Å²) in [7, 11) is 0. The number of hydrogen-bond acceptors (Lipinski definition) is 4. The van der Waals surface area contributed by atoms with Crippen LogP contribution >= 0.6 is 0 Å². The van der Waals surface area contributed by atoms with Crippen molar-refractivity contribution in [3.63, 3.8) is 0 Å². The van der Waals surface area contributed by atoms with Gasteiger partial charge in [-0.3, -0.25) is 14.5 Å². The smallest absolute Gasteiger partial charge is 0.261 e. The normalized spacial score (nSPS) is 22.2. The van der Waals surface area contributed by atoms with Crippen molar-refractivity contribution in [2.24, 2.45) is 0 Å². The highest BCUT2D eigenvalue weighted by atomic mass is 16.3. The molecule has 1 unspecified atom stereocenters. The van der Waals surface area contributed by atoms with Gasteiger partial charge in [-0.05, 0) is 50.9 Å². The predicted molar refractivity (Wildman–Crippen MR) is 82.7 cm³/mol. The molecule has 1 aromatic carbocycles. The van der Waals surface area contributed by atoms with Gasteiger partial charge >= 0.3 is 0 Å². The Hall–Kier alpha value is -1.72. The highest BCUT2D eigenvalue weighted by molar-refractivity contribution is 6.21. The molecule has 118 valence electrons. The summed E-state index contributed by atoms with van der Waals surface area (Å²) in [6.07, 6.45) is 3.47. The van der Waals surface area contributed by atoms with Crippen molar-refractivity contribution in [2.75, 3.05) is 26.2 Å². The molecule has 1 aromatic rings. The van der Waals surface area contributed by atoms with E-state index in [2.05, 4.69) is 4.90 Å².